The fourth-order valence-corrected chi connectivity index (χ4v) is 18.3. The standard InChI is InChI=1S/C88H52B3N5O/c1-6-24-53(25-7-1)60-48-77-81-78(49-60)94(63-36-12-4-13-37-63)75-51-76-70(50-69(75)89(81)67-42-54-26-16-18-28-56(54)46-73(67)92(77)61-32-8-2-9-33-61)91-72-45-59-31-21-23-41-66(59)88-85(72)96-84-71(44-58-30-20-22-40-65(58)87(84)97-88)90-68-43-55-27-17-19-29-57(55)47-74(68)93(62-34-10-3-11-35-62)79-52-80(83(91)86(96)82(79)90)95(76)64-38-14-5-15-39-64/h1-52H. The molecule has 0 saturated heterocycles. The lowest BCUT2D eigenvalue weighted by Crippen LogP contribution is -2.69. The largest absolute Gasteiger partial charge is 0.452 e. The van der Waals surface area contributed by atoms with Crippen molar-refractivity contribution in [2.24, 2.45) is 0 Å². The van der Waals surface area contributed by atoms with Crippen LogP contribution in [0.3, 0.4) is 0 Å². The topological polar surface area (TPSA) is 25.4 Å². The second kappa shape index (κ2) is 19.1. The van der Waals surface area contributed by atoms with Crippen LogP contribution in [0.2, 0.25) is 0 Å². The highest BCUT2D eigenvalue weighted by Gasteiger charge is 2.56. The Bertz CT molecular complexity index is 6170. The minimum Gasteiger partial charge on any atom is -0.452 e. The molecule has 0 amide bonds. The lowest BCUT2D eigenvalue weighted by molar-refractivity contribution is 0.489. The number of benzene rings is 16. The highest BCUT2D eigenvalue weighted by molar-refractivity contribution is 7.06. The van der Waals surface area contributed by atoms with E-state index in [0.717, 1.165) is 95.5 Å². The molecule has 16 aromatic carbocycles. The Labute approximate surface area is 561 Å². The van der Waals surface area contributed by atoms with Gasteiger partial charge in [0.1, 0.15) is 0 Å². The zero-order valence-corrected chi connectivity index (χ0v) is 52.4. The maximum atomic E-state index is 7.92. The van der Waals surface area contributed by atoms with Gasteiger partial charge in [0.05, 0.1) is 11.4 Å². The summed E-state index contributed by atoms with van der Waals surface area (Å²) in [5.74, 6) is 1.80. The molecule has 0 spiro atoms. The number of anilines is 15. The Balaban J connectivity index is 0.894. The van der Waals surface area contributed by atoms with Crippen LogP contribution in [0, 0.1) is 0 Å². The zero-order chi connectivity index (χ0) is 62.9. The van der Waals surface area contributed by atoms with Crippen LogP contribution in [0.5, 0.6) is 11.5 Å². The molecular weight excluding hydrogens is 1180 g/mol. The maximum Gasteiger partial charge on any atom is 0.252 e. The van der Waals surface area contributed by atoms with E-state index in [1.54, 1.807) is 0 Å². The summed E-state index contributed by atoms with van der Waals surface area (Å²) in [5, 5.41) is 9.36. The highest BCUT2D eigenvalue weighted by atomic mass is 16.5. The van der Waals surface area contributed by atoms with E-state index in [1.807, 2.05) is 0 Å². The van der Waals surface area contributed by atoms with Crippen molar-refractivity contribution in [1.82, 2.24) is 0 Å². The minimum atomic E-state index is -0.256. The normalized spacial score (nSPS) is 14.1. The van der Waals surface area contributed by atoms with Gasteiger partial charge < -0.3 is 29.2 Å². The number of fused-ring (bicyclic) bond motifs is 16. The third-order valence-corrected chi connectivity index (χ3v) is 22.1. The van der Waals surface area contributed by atoms with Gasteiger partial charge in [-0.15, -0.1) is 0 Å². The first kappa shape index (κ1) is 52.0. The van der Waals surface area contributed by atoms with Gasteiger partial charge >= 0.3 is 0 Å². The second-order valence-corrected chi connectivity index (χ2v) is 27.0. The van der Waals surface area contributed by atoms with Gasteiger partial charge in [-0.05, 0) is 178 Å². The molecule has 0 radical (unpaired) electrons. The summed E-state index contributed by atoms with van der Waals surface area (Å²) in [4.78, 5) is 13.1. The van der Waals surface area contributed by atoms with Crippen LogP contribution in [0.4, 0.5) is 85.3 Å². The van der Waals surface area contributed by atoms with Crippen LogP contribution in [-0.2, 0) is 0 Å². The lowest BCUT2D eigenvalue weighted by atomic mass is 9.27. The monoisotopic (exact) mass is 1230 g/mol. The number of hydrogen-bond donors (Lipinski definition) is 0. The molecule has 0 atom stereocenters. The first-order chi connectivity index (χ1) is 48.1. The molecule has 97 heavy (non-hydrogen) atoms. The number of hydrogen-bond acceptors (Lipinski definition) is 6. The van der Waals surface area contributed by atoms with E-state index in [1.165, 1.54) is 105 Å². The van der Waals surface area contributed by atoms with Gasteiger partial charge in [-0.2, -0.15) is 0 Å². The quantitative estimate of drug-likeness (QED) is 0.159. The molecule has 7 aliphatic rings. The third kappa shape index (κ3) is 6.91. The lowest BCUT2D eigenvalue weighted by Gasteiger charge is -2.53. The summed E-state index contributed by atoms with van der Waals surface area (Å²) in [6.07, 6.45) is 0. The molecule has 444 valence electrons. The fraction of sp³-hybridized carbons (Fsp3) is 0. The minimum absolute atomic E-state index is 0.163. The Hall–Kier alpha value is -12.4. The first-order valence-electron chi connectivity index (χ1n) is 33.8. The Kier molecular flexibility index (Phi) is 10.3. The third-order valence-electron chi connectivity index (χ3n) is 22.1. The van der Waals surface area contributed by atoms with E-state index in [9.17, 15) is 0 Å². The summed E-state index contributed by atoms with van der Waals surface area (Å²) in [7, 11) is 0. The van der Waals surface area contributed by atoms with E-state index in [-0.39, 0.29) is 20.1 Å². The molecular formula is C88H52B3N5O. The molecule has 0 unspecified atom stereocenters. The first-order valence-corrected chi connectivity index (χ1v) is 33.8. The predicted molar refractivity (Wildman–Crippen MR) is 409 cm³/mol. The van der Waals surface area contributed by atoms with Crippen molar-refractivity contribution in [3.05, 3.63) is 315 Å². The van der Waals surface area contributed by atoms with Crippen molar-refractivity contribution in [3.63, 3.8) is 0 Å². The summed E-state index contributed by atoms with van der Waals surface area (Å²) in [6.45, 7) is -0.605. The van der Waals surface area contributed by atoms with Crippen LogP contribution >= 0.6 is 0 Å². The molecule has 0 N–H and O–H groups in total. The molecule has 0 fully saturated rings. The molecule has 0 saturated carbocycles. The number of rotatable bonds is 5. The molecule has 23 rings (SSSR count). The van der Waals surface area contributed by atoms with Crippen LogP contribution in [-0.4, -0.2) is 20.1 Å². The van der Waals surface area contributed by atoms with E-state index < -0.39 is 0 Å². The van der Waals surface area contributed by atoms with Crippen molar-refractivity contribution >= 4 is 198 Å². The van der Waals surface area contributed by atoms with Crippen molar-refractivity contribution < 1.29 is 4.74 Å². The van der Waals surface area contributed by atoms with Gasteiger partial charge in [-0.1, -0.05) is 231 Å². The molecule has 0 aliphatic carbocycles. The van der Waals surface area contributed by atoms with E-state index >= 15 is 0 Å². The average Bonchev–Trinajstić information content (AvgIpc) is 0.658. The van der Waals surface area contributed by atoms with Gasteiger partial charge in [0.15, 0.2) is 11.5 Å². The van der Waals surface area contributed by atoms with Gasteiger partial charge in [-0.25, -0.2) is 0 Å². The molecule has 7 heterocycles. The molecule has 16 aromatic rings. The van der Waals surface area contributed by atoms with Crippen molar-refractivity contribution in [2.75, 3.05) is 24.5 Å². The molecule has 7 aliphatic heterocycles. The van der Waals surface area contributed by atoms with Crippen LogP contribution in [0.15, 0.2) is 315 Å². The molecule has 0 bridgehead atoms. The molecule has 6 nitrogen and oxygen atoms in total. The number of ether oxygens (including phenoxy) is 1. The van der Waals surface area contributed by atoms with Gasteiger partial charge in [-0.3, -0.25) is 0 Å². The van der Waals surface area contributed by atoms with Gasteiger partial charge in [0.25, 0.3) is 20.1 Å². The average molecular weight is 1230 g/mol. The van der Waals surface area contributed by atoms with Crippen molar-refractivity contribution in [3.8, 4) is 22.6 Å². The summed E-state index contributed by atoms with van der Waals surface area (Å²) in [6, 6.07) is 119. The summed E-state index contributed by atoms with van der Waals surface area (Å²) < 4.78 is 7.92. The number of nitrogens with zero attached hydrogens (tertiary/aromatic N) is 5. The van der Waals surface area contributed by atoms with E-state index in [0.29, 0.717) is 0 Å². The van der Waals surface area contributed by atoms with Crippen molar-refractivity contribution in [1.29, 1.82) is 0 Å². The van der Waals surface area contributed by atoms with Crippen molar-refractivity contribution in [2.45, 2.75) is 0 Å². The fourth-order valence-electron chi connectivity index (χ4n) is 18.3. The predicted octanol–water partition coefficient (Wildman–Crippen LogP) is 16.9. The van der Waals surface area contributed by atoms with Crippen LogP contribution in [0.1, 0.15) is 0 Å². The van der Waals surface area contributed by atoms with Crippen LogP contribution in [0.25, 0.3) is 54.2 Å². The van der Waals surface area contributed by atoms with E-state index in [4.69, 9.17) is 4.74 Å². The second-order valence-electron chi connectivity index (χ2n) is 27.0. The zero-order valence-electron chi connectivity index (χ0n) is 52.4. The summed E-state index contributed by atoms with van der Waals surface area (Å²) in [5.41, 5.74) is 30.9. The van der Waals surface area contributed by atoms with Gasteiger partial charge in [0, 0.05) is 84.7 Å². The van der Waals surface area contributed by atoms with Gasteiger partial charge in [0.2, 0.25) is 0 Å². The van der Waals surface area contributed by atoms with E-state index in [2.05, 4.69) is 340 Å². The van der Waals surface area contributed by atoms with Crippen LogP contribution < -0.4 is 78.4 Å². The highest BCUT2D eigenvalue weighted by Crippen LogP contribution is 2.60. The Morgan fingerprint density at radius 1 is 0.206 bits per heavy atom. The molecule has 0 aromatic heterocycles. The maximum absolute atomic E-state index is 7.92. The Morgan fingerprint density at radius 2 is 0.515 bits per heavy atom. The smallest absolute Gasteiger partial charge is 0.252 e. The molecule has 9 heteroatoms. The number of para-hydroxylation sites is 4. The summed E-state index contributed by atoms with van der Waals surface area (Å²) >= 11 is 0. The SMILES string of the molecule is c1ccc(-c2cc3c4c(c2)N(c2ccccc2)c2cc5ccccc5cc2B4c2cc4c(cc2N3c2ccccc2)N(c2ccccc2)c2cc3c5c6c2B4c2cc4ccccc4c4c2N6c2c(cc6ccccc6c2O4)B5c2cc4ccccc4cc2N3c2ccccc2)cc1. The Morgan fingerprint density at radius 3 is 0.938 bits per heavy atom.